The van der Waals surface area contributed by atoms with Crippen LogP contribution in [0.4, 0.5) is 13.2 Å². The zero-order valence-electron chi connectivity index (χ0n) is 13.6. The molecule has 0 bridgehead atoms. The molecule has 4 rings (SSSR count). The topological polar surface area (TPSA) is 64.8 Å². The maximum absolute atomic E-state index is 12.9. The van der Waals surface area contributed by atoms with Crippen molar-refractivity contribution < 1.29 is 18.0 Å². The predicted molar refractivity (Wildman–Crippen MR) is 84.2 cm³/mol. The van der Waals surface area contributed by atoms with Crippen molar-refractivity contribution in [3.63, 3.8) is 0 Å². The van der Waals surface area contributed by atoms with Crippen LogP contribution in [0.2, 0.25) is 0 Å². The third-order valence-corrected chi connectivity index (χ3v) is 4.99. The Bertz CT molecular complexity index is 775. The number of halogens is 3. The fourth-order valence-electron chi connectivity index (χ4n) is 3.52. The van der Waals surface area contributed by atoms with Crippen molar-refractivity contribution in [2.24, 2.45) is 0 Å². The molecule has 1 aliphatic carbocycles. The molecular weight excluding hydrogens is 333 g/mol. The largest absolute Gasteiger partial charge is 0.432 e. The number of imidazole rings is 1. The van der Waals surface area contributed by atoms with Gasteiger partial charge in [0.05, 0.1) is 11.8 Å². The van der Waals surface area contributed by atoms with Crippen molar-refractivity contribution >= 4 is 5.91 Å². The van der Waals surface area contributed by atoms with Gasteiger partial charge in [-0.2, -0.15) is 13.2 Å². The highest BCUT2D eigenvalue weighted by Gasteiger charge is 2.36. The quantitative estimate of drug-likeness (QED) is 0.885. The highest BCUT2D eigenvalue weighted by molar-refractivity contribution is 5.95. The van der Waals surface area contributed by atoms with Crippen molar-refractivity contribution in [1.29, 1.82) is 0 Å². The normalized spacial score (nSPS) is 21.6. The fraction of sp³-hybridized carbons (Fsp3) is 0.529. The zero-order valence-corrected chi connectivity index (χ0v) is 13.6. The van der Waals surface area contributed by atoms with Gasteiger partial charge in [-0.1, -0.05) is 0 Å². The van der Waals surface area contributed by atoms with E-state index >= 15 is 0 Å². The summed E-state index contributed by atoms with van der Waals surface area (Å²) in [5.74, 6) is 0.503. The molecule has 2 N–H and O–H groups in total. The van der Waals surface area contributed by atoms with Crippen molar-refractivity contribution in [2.45, 2.75) is 43.7 Å². The van der Waals surface area contributed by atoms with Gasteiger partial charge >= 0.3 is 6.18 Å². The van der Waals surface area contributed by atoms with Gasteiger partial charge in [0.25, 0.3) is 5.91 Å². The number of aromatic amines is 2. The van der Waals surface area contributed by atoms with Crippen LogP contribution >= 0.6 is 0 Å². The number of nitrogens with one attached hydrogen (secondary N) is 2. The maximum atomic E-state index is 12.9. The number of hydrogen-bond acceptors (Lipinski definition) is 2. The summed E-state index contributed by atoms with van der Waals surface area (Å²) in [7, 11) is 0. The van der Waals surface area contributed by atoms with Gasteiger partial charge in [0, 0.05) is 30.9 Å². The average Bonchev–Trinajstić information content (AvgIpc) is 3.12. The summed E-state index contributed by atoms with van der Waals surface area (Å²) in [5, 5.41) is 0. The molecular formula is C17H19F3N4O. The first-order valence-corrected chi connectivity index (χ1v) is 8.52. The molecule has 0 unspecified atom stereocenters. The van der Waals surface area contributed by atoms with E-state index in [0.29, 0.717) is 30.4 Å². The third-order valence-electron chi connectivity index (χ3n) is 4.99. The van der Waals surface area contributed by atoms with Crippen molar-refractivity contribution in [3.05, 3.63) is 41.2 Å². The van der Waals surface area contributed by atoms with E-state index in [0.717, 1.165) is 37.6 Å². The van der Waals surface area contributed by atoms with Gasteiger partial charge in [-0.25, -0.2) is 4.98 Å². The van der Waals surface area contributed by atoms with E-state index in [2.05, 4.69) is 15.0 Å². The summed E-state index contributed by atoms with van der Waals surface area (Å²) in [6.45, 7) is 1.01. The number of piperidine rings is 1. The summed E-state index contributed by atoms with van der Waals surface area (Å²) in [6.07, 6.45) is 1.84. The van der Waals surface area contributed by atoms with Gasteiger partial charge < -0.3 is 14.9 Å². The lowest BCUT2D eigenvalue weighted by molar-refractivity contribution is -0.141. The zero-order chi connectivity index (χ0) is 17.6. The van der Waals surface area contributed by atoms with Crippen LogP contribution in [-0.4, -0.2) is 38.8 Å². The lowest BCUT2D eigenvalue weighted by Gasteiger charge is -2.32. The van der Waals surface area contributed by atoms with Crippen LogP contribution in [0, 0.1) is 0 Å². The number of aromatic nitrogens is 3. The first-order valence-electron chi connectivity index (χ1n) is 8.52. The molecule has 2 aliphatic rings. The van der Waals surface area contributed by atoms with Crippen LogP contribution < -0.4 is 0 Å². The van der Waals surface area contributed by atoms with E-state index < -0.39 is 11.9 Å². The number of H-pyrrole nitrogens is 2. The highest BCUT2D eigenvalue weighted by Crippen LogP contribution is 2.41. The Labute approximate surface area is 142 Å². The number of hydrogen-bond donors (Lipinski definition) is 2. The molecule has 1 saturated heterocycles. The number of alkyl halides is 3. The standard InChI is InChI=1S/C17H19F3N4O/c18-17(19,20)13-8-22-15(23-13)11-2-1-7-24(9-11)16(25)12-5-6-21-14(12)10-3-4-10/h5-6,8,10-11,21H,1-4,7,9H2,(H,22,23)/t11-/m0/s1. The first kappa shape index (κ1) is 16.2. The lowest BCUT2D eigenvalue weighted by atomic mass is 9.96. The second-order valence-corrected chi connectivity index (χ2v) is 6.85. The average molecular weight is 352 g/mol. The minimum Gasteiger partial charge on any atom is -0.364 e. The summed E-state index contributed by atoms with van der Waals surface area (Å²) in [5.41, 5.74) is 0.843. The van der Waals surface area contributed by atoms with Crippen LogP contribution in [0.15, 0.2) is 18.5 Å². The molecule has 0 aromatic carbocycles. The Kier molecular flexibility index (Phi) is 3.85. The number of nitrogens with zero attached hydrogens (tertiary/aromatic N) is 2. The number of rotatable bonds is 3. The summed E-state index contributed by atoms with van der Waals surface area (Å²) < 4.78 is 38.2. The van der Waals surface area contributed by atoms with Crippen LogP contribution in [0.1, 0.15) is 65.1 Å². The minimum absolute atomic E-state index is 0.0459. The fourth-order valence-corrected chi connectivity index (χ4v) is 3.52. The number of carbonyl (C=O) groups excluding carboxylic acids is 1. The predicted octanol–water partition coefficient (Wildman–Crippen LogP) is 3.65. The summed E-state index contributed by atoms with van der Waals surface area (Å²) >= 11 is 0. The number of carbonyl (C=O) groups is 1. The molecule has 1 aliphatic heterocycles. The molecule has 2 aromatic rings. The van der Waals surface area contributed by atoms with E-state index in [1.54, 1.807) is 17.2 Å². The second kappa shape index (κ2) is 5.93. The molecule has 2 fully saturated rings. The van der Waals surface area contributed by atoms with Crippen LogP contribution in [-0.2, 0) is 6.18 Å². The number of amides is 1. The van der Waals surface area contributed by atoms with Crippen LogP contribution in [0.5, 0.6) is 0 Å². The SMILES string of the molecule is O=C(c1cc[nH]c1C1CC1)N1CCC[C@H](c2ncc(C(F)(F)F)[nH]2)C1. The molecule has 0 radical (unpaired) electrons. The van der Waals surface area contributed by atoms with Crippen LogP contribution in [0.3, 0.4) is 0 Å². The Balaban J connectivity index is 1.50. The monoisotopic (exact) mass is 352 g/mol. The van der Waals surface area contributed by atoms with Crippen LogP contribution in [0.25, 0.3) is 0 Å². The van der Waals surface area contributed by atoms with Gasteiger partial charge in [0.1, 0.15) is 11.5 Å². The molecule has 5 nitrogen and oxygen atoms in total. The lowest BCUT2D eigenvalue weighted by Crippen LogP contribution is -2.39. The Hall–Kier alpha value is -2.25. The smallest absolute Gasteiger partial charge is 0.364 e. The van der Waals surface area contributed by atoms with Crippen molar-refractivity contribution in [1.82, 2.24) is 19.9 Å². The van der Waals surface area contributed by atoms with Gasteiger partial charge in [0.2, 0.25) is 0 Å². The first-order chi connectivity index (χ1) is 11.9. The molecule has 134 valence electrons. The minimum atomic E-state index is -4.43. The molecule has 8 heteroatoms. The summed E-state index contributed by atoms with van der Waals surface area (Å²) in [6, 6.07) is 1.80. The van der Waals surface area contributed by atoms with Gasteiger partial charge in [-0.15, -0.1) is 0 Å². The highest BCUT2D eigenvalue weighted by atomic mass is 19.4. The van der Waals surface area contributed by atoms with Crippen molar-refractivity contribution in [2.75, 3.05) is 13.1 Å². The molecule has 1 saturated carbocycles. The van der Waals surface area contributed by atoms with Gasteiger partial charge in [-0.3, -0.25) is 4.79 Å². The van der Waals surface area contributed by atoms with E-state index in [9.17, 15) is 18.0 Å². The molecule has 1 amide bonds. The Morgan fingerprint density at radius 2 is 2.04 bits per heavy atom. The van der Waals surface area contributed by atoms with E-state index in [1.165, 1.54) is 0 Å². The molecule has 2 aromatic heterocycles. The number of likely N-dealkylation sites (tertiary alicyclic amines) is 1. The van der Waals surface area contributed by atoms with E-state index in [-0.39, 0.29) is 11.8 Å². The van der Waals surface area contributed by atoms with Crippen molar-refractivity contribution in [3.8, 4) is 0 Å². The van der Waals surface area contributed by atoms with E-state index in [4.69, 9.17) is 0 Å². The maximum Gasteiger partial charge on any atom is 0.432 e. The van der Waals surface area contributed by atoms with E-state index in [1.807, 2.05) is 0 Å². The summed E-state index contributed by atoms with van der Waals surface area (Å²) in [4.78, 5) is 24.0. The van der Waals surface area contributed by atoms with Gasteiger partial charge in [-0.05, 0) is 37.7 Å². The molecule has 3 heterocycles. The Morgan fingerprint density at radius 1 is 1.24 bits per heavy atom. The molecule has 1 atom stereocenters. The second-order valence-electron chi connectivity index (χ2n) is 6.85. The molecule has 0 spiro atoms. The van der Waals surface area contributed by atoms with Gasteiger partial charge in [0.15, 0.2) is 0 Å². The third kappa shape index (κ3) is 3.17. The molecule has 25 heavy (non-hydrogen) atoms. The Morgan fingerprint density at radius 3 is 2.72 bits per heavy atom.